The summed E-state index contributed by atoms with van der Waals surface area (Å²) >= 11 is 0. The maximum absolute atomic E-state index is 10.4. The van der Waals surface area contributed by atoms with Gasteiger partial charge in [0.2, 0.25) is 0 Å². The second-order valence-electron chi connectivity index (χ2n) is 2.99. The van der Waals surface area contributed by atoms with Crippen molar-refractivity contribution >= 4 is 6.29 Å². The largest absolute Gasteiger partial charge is 0.491 e. The lowest BCUT2D eigenvalue weighted by Crippen LogP contribution is -2.01. The molecule has 0 aliphatic carbocycles. The molecule has 0 atom stereocenters. The highest BCUT2D eigenvalue weighted by atomic mass is 16.5. The van der Waals surface area contributed by atoms with Crippen molar-refractivity contribution in [1.29, 1.82) is 0 Å². The fourth-order valence-electron chi connectivity index (χ4n) is 1.17. The molecule has 0 aliphatic rings. The molecule has 0 fully saturated rings. The van der Waals surface area contributed by atoms with E-state index in [0.717, 1.165) is 0 Å². The van der Waals surface area contributed by atoms with E-state index in [1.807, 2.05) is 6.92 Å². The molecule has 16 heavy (non-hydrogen) atoms. The van der Waals surface area contributed by atoms with Crippen LogP contribution in [0.2, 0.25) is 0 Å². The third kappa shape index (κ3) is 2.05. The summed E-state index contributed by atoms with van der Waals surface area (Å²) in [4.78, 5) is 18.4. The average molecular weight is 218 g/mol. The lowest BCUT2D eigenvalue weighted by Gasteiger charge is -1.98. The Labute approximate surface area is 91.9 Å². The van der Waals surface area contributed by atoms with E-state index in [1.54, 1.807) is 12.4 Å². The van der Waals surface area contributed by atoms with Crippen LogP contribution in [0, 0.1) is 0 Å². The lowest BCUT2D eigenvalue weighted by atomic mass is 10.4. The monoisotopic (exact) mass is 218 g/mol. The first-order chi connectivity index (χ1) is 7.83. The minimum atomic E-state index is 0.400. The summed E-state index contributed by atoms with van der Waals surface area (Å²) in [5.74, 6) is 1.06. The van der Waals surface area contributed by atoms with Crippen molar-refractivity contribution in [2.75, 3.05) is 6.61 Å². The van der Waals surface area contributed by atoms with Crippen LogP contribution < -0.4 is 4.74 Å². The summed E-state index contributed by atoms with van der Waals surface area (Å²) in [6, 6.07) is 0. The Bertz CT molecular complexity index is 478. The number of aromatic nitrogens is 4. The lowest BCUT2D eigenvalue weighted by molar-refractivity contribution is 0.112. The molecule has 0 saturated heterocycles. The molecule has 2 aromatic heterocycles. The van der Waals surface area contributed by atoms with Crippen LogP contribution in [0.1, 0.15) is 17.3 Å². The molecule has 82 valence electrons. The molecule has 2 rings (SSSR count). The molecule has 0 saturated carbocycles. The summed E-state index contributed by atoms with van der Waals surface area (Å²) in [5.41, 5.74) is 0.431. The van der Waals surface area contributed by atoms with E-state index in [9.17, 15) is 4.79 Å². The van der Waals surface area contributed by atoms with Crippen molar-refractivity contribution in [2.45, 2.75) is 6.92 Å². The first kappa shape index (κ1) is 10.3. The van der Waals surface area contributed by atoms with Crippen LogP contribution in [-0.4, -0.2) is 32.6 Å². The van der Waals surface area contributed by atoms with E-state index in [2.05, 4.69) is 15.1 Å². The number of nitrogens with zero attached hydrogens (tertiary/aromatic N) is 4. The zero-order valence-corrected chi connectivity index (χ0v) is 8.70. The van der Waals surface area contributed by atoms with Crippen molar-refractivity contribution in [2.24, 2.45) is 0 Å². The fourth-order valence-corrected chi connectivity index (χ4v) is 1.17. The maximum atomic E-state index is 10.4. The van der Waals surface area contributed by atoms with Gasteiger partial charge in [-0.2, -0.15) is 5.10 Å². The van der Waals surface area contributed by atoms with Gasteiger partial charge in [0.1, 0.15) is 0 Å². The molecule has 2 heterocycles. The third-order valence-corrected chi connectivity index (χ3v) is 1.87. The Morgan fingerprint density at radius 2 is 2.12 bits per heavy atom. The van der Waals surface area contributed by atoms with E-state index in [0.29, 0.717) is 30.2 Å². The molecule has 0 amide bonds. The van der Waals surface area contributed by atoms with Gasteiger partial charge in [0.15, 0.2) is 12.0 Å². The van der Waals surface area contributed by atoms with Crippen LogP contribution in [-0.2, 0) is 0 Å². The molecule has 6 heteroatoms. The normalized spacial score (nSPS) is 10.1. The molecule has 0 unspecified atom stereocenters. The van der Waals surface area contributed by atoms with Crippen LogP contribution in [0.5, 0.6) is 5.75 Å². The topological polar surface area (TPSA) is 69.9 Å². The highest BCUT2D eigenvalue weighted by Gasteiger charge is 2.03. The molecule has 0 aromatic carbocycles. The third-order valence-electron chi connectivity index (χ3n) is 1.87. The van der Waals surface area contributed by atoms with Gasteiger partial charge in [0, 0.05) is 12.4 Å². The zero-order valence-electron chi connectivity index (χ0n) is 8.70. The van der Waals surface area contributed by atoms with Gasteiger partial charge in [-0.1, -0.05) is 0 Å². The maximum Gasteiger partial charge on any atom is 0.250 e. The van der Waals surface area contributed by atoms with E-state index in [1.165, 1.54) is 17.1 Å². The molecule has 0 bridgehead atoms. The number of ether oxygens (including phenoxy) is 1. The Kier molecular flexibility index (Phi) is 2.90. The predicted molar refractivity (Wildman–Crippen MR) is 55.7 cm³/mol. The quantitative estimate of drug-likeness (QED) is 0.712. The SMILES string of the molecule is CCOc1cnn(-c2ncc(C=O)cn2)c1. The van der Waals surface area contributed by atoms with Gasteiger partial charge in [-0.3, -0.25) is 4.79 Å². The van der Waals surface area contributed by atoms with Gasteiger partial charge >= 0.3 is 0 Å². The Balaban J connectivity index is 2.24. The Morgan fingerprint density at radius 1 is 1.38 bits per heavy atom. The first-order valence-corrected chi connectivity index (χ1v) is 4.78. The number of carbonyl (C=O) groups is 1. The molecule has 0 radical (unpaired) electrons. The zero-order chi connectivity index (χ0) is 11.4. The van der Waals surface area contributed by atoms with Crippen LogP contribution in [0.4, 0.5) is 0 Å². The number of carbonyl (C=O) groups excluding carboxylic acids is 1. The van der Waals surface area contributed by atoms with Crippen molar-refractivity contribution in [3.05, 3.63) is 30.4 Å². The van der Waals surface area contributed by atoms with E-state index >= 15 is 0 Å². The molecule has 0 N–H and O–H groups in total. The second-order valence-corrected chi connectivity index (χ2v) is 2.99. The summed E-state index contributed by atoms with van der Waals surface area (Å²) < 4.78 is 6.74. The number of rotatable bonds is 4. The minimum Gasteiger partial charge on any atom is -0.491 e. The minimum absolute atomic E-state index is 0.400. The van der Waals surface area contributed by atoms with Crippen LogP contribution in [0.25, 0.3) is 5.95 Å². The fraction of sp³-hybridized carbons (Fsp3) is 0.200. The van der Waals surface area contributed by atoms with Crippen molar-refractivity contribution in [1.82, 2.24) is 19.7 Å². The summed E-state index contributed by atoms with van der Waals surface area (Å²) in [6.07, 6.45) is 6.84. The molecule has 0 aliphatic heterocycles. The Hall–Kier alpha value is -2.24. The van der Waals surface area contributed by atoms with Gasteiger partial charge in [-0.05, 0) is 6.92 Å². The van der Waals surface area contributed by atoms with Crippen molar-refractivity contribution < 1.29 is 9.53 Å². The summed E-state index contributed by atoms with van der Waals surface area (Å²) in [7, 11) is 0. The van der Waals surface area contributed by atoms with Crippen molar-refractivity contribution in [3.8, 4) is 11.7 Å². The number of hydrogen-bond donors (Lipinski definition) is 0. The number of aldehydes is 1. The highest BCUT2D eigenvalue weighted by molar-refractivity contribution is 5.73. The standard InChI is InChI=1S/C10H10N4O2/c1-2-16-9-5-13-14(6-9)10-11-3-8(7-15)4-12-10/h3-7H,2H2,1H3. The van der Waals surface area contributed by atoms with Crippen LogP contribution in [0.3, 0.4) is 0 Å². The van der Waals surface area contributed by atoms with Gasteiger partial charge in [0.05, 0.1) is 24.6 Å². The van der Waals surface area contributed by atoms with Gasteiger partial charge in [-0.15, -0.1) is 0 Å². The summed E-state index contributed by atoms with van der Waals surface area (Å²) in [6.45, 7) is 2.48. The Morgan fingerprint density at radius 3 is 2.75 bits per heavy atom. The van der Waals surface area contributed by atoms with Gasteiger partial charge < -0.3 is 4.74 Å². The first-order valence-electron chi connectivity index (χ1n) is 4.78. The molecular weight excluding hydrogens is 208 g/mol. The summed E-state index contributed by atoms with van der Waals surface area (Å²) in [5, 5.41) is 4.04. The predicted octanol–water partition coefficient (Wildman–Crippen LogP) is 0.873. The molecule has 6 nitrogen and oxygen atoms in total. The van der Waals surface area contributed by atoms with E-state index < -0.39 is 0 Å². The van der Waals surface area contributed by atoms with Gasteiger partial charge in [0.25, 0.3) is 5.95 Å². The molecule has 0 spiro atoms. The average Bonchev–Trinajstić information content (AvgIpc) is 2.78. The van der Waals surface area contributed by atoms with Crippen LogP contribution >= 0.6 is 0 Å². The van der Waals surface area contributed by atoms with Crippen molar-refractivity contribution in [3.63, 3.8) is 0 Å². The van der Waals surface area contributed by atoms with E-state index in [-0.39, 0.29) is 0 Å². The second kappa shape index (κ2) is 4.52. The van der Waals surface area contributed by atoms with Crippen LogP contribution in [0.15, 0.2) is 24.8 Å². The highest BCUT2D eigenvalue weighted by Crippen LogP contribution is 2.10. The van der Waals surface area contributed by atoms with E-state index in [4.69, 9.17) is 4.74 Å². The number of hydrogen-bond acceptors (Lipinski definition) is 5. The molecular formula is C10H10N4O2. The molecule has 2 aromatic rings. The van der Waals surface area contributed by atoms with Gasteiger partial charge in [-0.25, -0.2) is 14.6 Å². The smallest absolute Gasteiger partial charge is 0.250 e.